The van der Waals surface area contributed by atoms with Gasteiger partial charge in [0, 0.05) is 60.4 Å². The van der Waals surface area contributed by atoms with Crippen LogP contribution in [0.4, 0.5) is 10.5 Å². The molecule has 3 aliphatic rings. The maximum atomic E-state index is 13.6. The predicted octanol–water partition coefficient (Wildman–Crippen LogP) is 3.33. The van der Waals surface area contributed by atoms with Gasteiger partial charge in [-0.05, 0) is 19.1 Å². The second-order valence-electron chi connectivity index (χ2n) is 11.7. The molecule has 12 nitrogen and oxygen atoms in total. The highest BCUT2D eigenvalue weighted by Crippen LogP contribution is 2.52. The molecule has 45 heavy (non-hydrogen) atoms. The van der Waals surface area contributed by atoms with Crippen LogP contribution in [0.5, 0.6) is 11.5 Å². The lowest BCUT2D eigenvalue weighted by atomic mass is 9.73. The van der Waals surface area contributed by atoms with E-state index >= 15 is 0 Å². The second-order valence-corrected chi connectivity index (χ2v) is 11.7. The van der Waals surface area contributed by atoms with E-state index in [9.17, 15) is 29.7 Å². The van der Waals surface area contributed by atoms with Gasteiger partial charge in [-0.2, -0.15) is 0 Å². The van der Waals surface area contributed by atoms with Gasteiger partial charge in [0.15, 0.2) is 17.9 Å². The summed E-state index contributed by atoms with van der Waals surface area (Å²) >= 11 is 0. The molecule has 6 atom stereocenters. The lowest BCUT2D eigenvalue weighted by Gasteiger charge is -2.43. The Bertz CT molecular complexity index is 1650. The number of para-hydroxylation sites is 1. The van der Waals surface area contributed by atoms with E-state index in [0.717, 1.165) is 0 Å². The largest absolute Gasteiger partial charge is 0.507 e. The number of carbonyl (C=O) groups excluding carboxylic acids is 3. The summed E-state index contributed by atoms with van der Waals surface area (Å²) in [6, 6.07) is 14.3. The number of aliphatic hydroxyl groups is 1. The van der Waals surface area contributed by atoms with E-state index < -0.39 is 72.0 Å². The van der Waals surface area contributed by atoms with E-state index in [1.165, 1.54) is 19.2 Å². The fraction of sp³-hybridized carbons (Fsp3) is 0.364. The molecule has 12 heteroatoms. The van der Waals surface area contributed by atoms with Gasteiger partial charge in [-0.15, -0.1) is 0 Å². The van der Waals surface area contributed by atoms with Crippen molar-refractivity contribution in [3.63, 3.8) is 0 Å². The molecule has 1 fully saturated rings. The summed E-state index contributed by atoms with van der Waals surface area (Å²) in [4.78, 5) is 39.7. The van der Waals surface area contributed by atoms with E-state index in [2.05, 4.69) is 5.32 Å². The molecule has 3 aromatic carbocycles. The number of nitrogens with one attached hydrogen (secondary N) is 1. The van der Waals surface area contributed by atoms with Crippen molar-refractivity contribution in [2.24, 2.45) is 5.73 Å². The van der Waals surface area contributed by atoms with E-state index in [4.69, 9.17) is 24.7 Å². The average molecular weight is 619 g/mol. The van der Waals surface area contributed by atoms with Gasteiger partial charge in [0.05, 0.1) is 29.4 Å². The van der Waals surface area contributed by atoms with Gasteiger partial charge in [-0.3, -0.25) is 14.9 Å². The number of ketones is 2. The summed E-state index contributed by atoms with van der Waals surface area (Å²) in [6.45, 7) is 1.25. The Morgan fingerprint density at radius 2 is 1.64 bits per heavy atom. The number of anilines is 1. The molecule has 0 radical (unpaired) electrons. The van der Waals surface area contributed by atoms with Crippen molar-refractivity contribution < 1.29 is 48.7 Å². The number of fused-ring (bicyclic) bond motifs is 3. The summed E-state index contributed by atoms with van der Waals surface area (Å²) in [5, 5.41) is 37.6. The van der Waals surface area contributed by atoms with Crippen LogP contribution in [0.15, 0.2) is 54.6 Å². The fourth-order valence-corrected chi connectivity index (χ4v) is 6.57. The van der Waals surface area contributed by atoms with Crippen LogP contribution in [0.3, 0.4) is 0 Å². The highest BCUT2D eigenvalue weighted by Gasteiger charge is 2.48. The normalized spacial score (nSPS) is 27.2. The number of phenolic OH excluding ortho intramolecular Hbond substituents is 2. The van der Waals surface area contributed by atoms with E-state index in [1.54, 1.807) is 49.4 Å². The van der Waals surface area contributed by atoms with Crippen LogP contribution in [-0.4, -0.2) is 76.8 Å². The summed E-state index contributed by atoms with van der Waals surface area (Å²) in [5.41, 5.74) is 4.46. The van der Waals surface area contributed by atoms with Crippen LogP contribution in [-0.2, 0) is 25.4 Å². The zero-order chi connectivity index (χ0) is 32.0. The molecule has 0 aromatic heterocycles. The molecule has 1 heterocycles. The Labute approximate surface area is 258 Å². The summed E-state index contributed by atoms with van der Waals surface area (Å²) in [7, 11) is 1.53. The number of benzene rings is 3. The van der Waals surface area contributed by atoms with Crippen molar-refractivity contribution in [3.8, 4) is 11.5 Å². The third kappa shape index (κ3) is 5.55. The van der Waals surface area contributed by atoms with Crippen molar-refractivity contribution in [1.82, 2.24) is 0 Å². The van der Waals surface area contributed by atoms with Crippen LogP contribution in [0.2, 0.25) is 0 Å². The quantitative estimate of drug-likeness (QED) is 0.200. The molecule has 6 rings (SSSR count). The van der Waals surface area contributed by atoms with Gasteiger partial charge in [0.1, 0.15) is 23.7 Å². The second kappa shape index (κ2) is 11.9. The summed E-state index contributed by atoms with van der Waals surface area (Å²) in [5.74, 6) is -2.39. The van der Waals surface area contributed by atoms with E-state index in [1.807, 2.05) is 0 Å². The zero-order valence-corrected chi connectivity index (χ0v) is 24.7. The van der Waals surface area contributed by atoms with Gasteiger partial charge in [-0.1, -0.05) is 42.5 Å². The first-order valence-corrected chi connectivity index (χ1v) is 14.6. The minimum Gasteiger partial charge on any atom is -0.507 e. The molecule has 1 amide bonds. The molecule has 0 saturated carbocycles. The number of methoxy groups -OCH3 is 1. The van der Waals surface area contributed by atoms with Crippen LogP contribution >= 0.6 is 0 Å². The highest BCUT2D eigenvalue weighted by atomic mass is 16.7. The molecule has 1 saturated heterocycles. The first-order valence-electron chi connectivity index (χ1n) is 14.6. The Morgan fingerprint density at radius 1 is 1.02 bits per heavy atom. The number of amides is 1. The van der Waals surface area contributed by atoms with E-state index in [0.29, 0.717) is 5.69 Å². The standard InChI is InChI=1S/C33H34N2O10/c1-16-31(42-2)21(34)12-23(44-16)45-22-14-33(41,15-43-32(40)35-17-8-4-3-5-9-17)13-20-24(22)30(39)26-25(29(20)38)27(36)18-10-6-7-11-19(18)28(26)37/h3-11,16,21-23,31,38-39,41H,12-15,34H2,1-2H3,(H,35,40)/t16-,21+,22-,23-,31-,33-/m0/s1. The number of nitrogens with two attached hydrogens (primary N) is 1. The molecule has 3 aromatic rings. The SMILES string of the molecule is CO[C@@H]1[C@H](N)C[C@H](O[C@H]2C[C@](O)(COC(=O)Nc3ccccc3)Cc3c(O)c4c(c(O)c32)C(=O)c2ccccc2C4=O)O[C@H]1C. The van der Waals surface area contributed by atoms with Crippen molar-refractivity contribution in [1.29, 1.82) is 0 Å². The molecule has 236 valence electrons. The maximum absolute atomic E-state index is 13.6. The van der Waals surface area contributed by atoms with Crippen molar-refractivity contribution in [3.05, 3.63) is 88.0 Å². The Balaban J connectivity index is 1.37. The van der Waals surface area contributed by atoms with Crippen molar-refractivity contribution in [2.75, 3.05) is 19.0 Å². The third-order valence-corrected chi connectivity index (χ3v) is 8.65. The van der Waals surface area contributed by atoms with Gasteiger partial charge >= 0.3 is 6.09 Å². The van der Waals surface area contributed by atoms with Crippen LogP contribution in [0, 0.1) is 0 Å². The third-order valence-electron chi connectivity index (χ3n) is 8.65. The topological polar surface area (TPSA) is 187 Å². The monoisotopic (exact) mass is 618 g/mol. The van der Waals surface area contributed by atoms with Crippen LogP contribution < -0.4 is 11.1 Å². The van der Waals surface area contributed by atoms with Gasteiger partial charge in [0.2, 0.25) is 0 Å². The molecule has 2 aliphatic carbocycles. The summed E-state index contributed by atoms with van der Waals surface area (Å²) in [6.07, 6.45) is -4.12. The molecule has 1 aliphatic heterocycles. The minimum atomic E-state index is -1.82. The number of rotatable bonds is 6. The van der Waals surface area contributed by atoms with Crippen molar-refractivity contribution in [2.45, 2.75) is 62.4 Å². The molecular formula is C33H34N2O10. The average Bonchev–Trinajstić information content (AvgIpc) is 3.01. The molecule has 6 N–H and O–H groups in total. The number of phenols is 2. The number of hydrogen-bond donors (Lipinski definition) is 5. The Morgan fingerprint density at radius 3 is 2.27 bits per heavy atom. The molecule has 0 bridgehead atoms. The lowest BCUT2D eigenvalue weighted by Crippen LogP contribution is -2.53. The zero-order valence-electron chi connectivity index (χ0n) is 24.7. The van der Waals surface area contributed by atoms with Gasteiger partial charge in [-0.25, -0.2) is 4.79 Å². The fourth-order valence-electron chi connectivity index (χ4n) is 6.57. The first kappa shape index (κ1) is 30.7. The lowest BCUT2D eigenvalue weighted by molar-refractivity contribution is -0.251. The smallest absolute Gasteiger partial charge is 0.411 e. The summed E-state index contributed by atoms with van der Waals surface area (Å²) < 4.78 is 23.1. The predicted molar refractivity (Wildman–Crippen MR) is 159 cm³/mol. The number of aromatic hydroxyl groups is 2. The number of hydrogen-bond acceptors (Lipinski definition) is 11. The molecular weight excluding hydrogens is 584 g/mol. The Kier molecular flexibility index (Phi) is 8.10. The van der Waals surface area contributed by atoms with Gasteiger partial charge < -0.3 is 40.0 Å². The van der Waals surface area contributed by atoms with Crippen molar-refractivity contribution >= 4 is 23.3 Å². The highest BCUT2D eigenvalue weighted by molar-refractivity contribution is 6.30. The first-order chi connectivity index (χ1) is 21.5. The maximum Gasteiger partial charge on any atom is 0.411 e. The Hall–Kier alpha value is -4.33. The number of carbonyl (C=O) groups is 3. The van der Waals surface area contributed by atoms with E-state index in [-0.39, 0.29) is 52.6 Å². The number of ether oxygens (including phenoxy) is 4. The van der Waals surface area contributed by atoms with Crippen LogP contribution in [0.1, 0.15) is 68.8 Å². The molecule has 0 unspecified atom stereocenters. The molecule has 0 spiro atoms. The van der Waals surface area contributed by atoms with Crippen LogP contribution in [0.25, 0.3) is 0 Å². The van der Waals surface area contributed by atoms with Gasteiger partial charge in [0.25, 0.3) is 0 Å². The minimum absolute atomic E-state index is 0.0134.